The van der Waals surface area contributed by atoms with E-state index in [1.807, 2.05) is 18.2 Å². The summed E-state index contributed by atoms with van der Waals surface area (Å²) < 4.78 is 0. The molecule has 1 aromatic rings. The SMILES string of the molecule is CC1CC(Nc2c(Cl)cccc2Cl)CC(C)(C)C1. The highest BCUT2D eigenvalue weighted by molar-refractivity contribution is 6.39. The average molecular weight is 286 g/mol. The summed E-state index contributed by atoms with van der Waals surface area (Å²) in [5, 5.41) is 4.95. The fourth-order valence-electron chi connectivity index (χ4n) is 3.30. The third-order valence-corrected chi connectivity index (χ3v) is 4.33. The molecule has 0 aliphatic heterocycles. The molecular weight excluding hydrogens is 265 g/mol. The Morgan fingerprint density at radius 2 is 1.78 bits per heavy atom. The molecule has 1 aliphatic rings. The summed E-state index contributed by atoms with van der Waals surface area (Å²) >= 11 is 12.4. The van der Waals surface area contributed by atoms with Crippen LogP contribution in [0.5, 0.6) is 0 Å². The van der Waals surface area contributed by atoms with Gasteiger partial charge < -0.3 is 5.32 Å². The van der Waals surface area contributed by atoms with Gasteiger partial charge in [0.25, 0.3) is 0 Å². The summed E-state index contributed by atoms with van der Waals surface area (Å²) in [5.41, 5.74) is 1.28. The van der Waals surface area contributed by atoms with Gasteiger partial charge in [-0.15, -0.1) is 0 Å². The van der Waals surface area contributed by atoms with Crippen molar-refractivity contribution < 1.29 is 0 Å². The minimum atomic E-state index is 0.392. The van der Waals surface area contributed by atoms with Gasteiger partial charge in [0.05, 0.1) is 15.7 Å². The van der Waals surface area contributed by atoms with E-state index in [2.05, 4.69) is 26.1 Å². The summed E-state index contributed by atoms with van der Waals surface area (Å²) in [7, 11) is 0. The number of hydrogen-bond acceptors (Lipinski definition) is 1. The van der Waals surface area contributed by atoms with Crippen molar-refractivity contribution in [2.75, 3.05) is 5.32 Å². The molecule has 100 valence electrons. The van der Waals surface area contributed by atoms with Gasteiger partial charge in [-0.25, -0.2) is 0 Å². The maximum Gasteiger partial charge on any atom is 0.0721 e. The van der Waals surface area contributed by atoms with E-state index in [1.165, 1.54) is 19.3 Å². The van der Waals surface area contributed by atoms with Crippen LogP contribution in [0.1, 0.15) is 40.0 Å². The topological polar surface area (TPSA) is 12.0 Å². The van der Waals surface area contributed by atoms with Gasteiger partial charge >= 0.3 is 0 Å². The molecule has 1 fully saturated rings. The summed E-state index contributed by atoms with van der Waals surface area (Å²) in [6.45, 7) is 7.00. The van der Waals surface area contributed by atoms with Crippen LogP contribution >= 0.6 is 23.2 Å². The summed E-state index contributed by atoms with van der Waals surface area (Å²) in [5.74, 6) is 0.743. The first-order chi connectivity index (χ1) is 8.37. The molecule has 1 aliphatic carbocycles. The van der Waals surface area contributed by atoms with Crippen molar-refractivity contribution in [1.29, 1.82) is 0 Å². The van der Waals surface area contributed by atoms with Gasteiger partial charge in [0, 0.05) is 6.04 Å². The predicted octanol–water partition coefficient (Wildman–Crippen LogP) is 5.62. The molecule has 3 heteroatoms. The third-order valence-electron chi connectivity index (χ3n) is 3.70. The molecule has 0 spiro atoms. The quantitative estimate of drug-likeness (QED) is 0.744. The lowest BCUT2D eigenvalue weighted by atomic mass is 9.70. The van der Waals surface area contributed by atoms with Crippen LogP contribution in [-0.2, 0) is 0 Å². The van der Waals surface area contributed by atoms with E-state index in [4.69, 9.17) is 23.2 Å². The Morgan fingerprint density at radius 3 is 2.33 bits per heavy atom. The van der Waals surface area contributed by atoms with E-state index in [0.717, 1.165) is 11.6 Å². The standard InChI is InChI=1S/C15H21Cl2N/c1-10-7-11(9-15(2,3)8-10)18-14-12(16)5-4-6-13(14)17/h4-6,10-11,18H,7-9H2,1-3H3. The Hall–Kier alpha value is -0.400. The van der Waals surface area contributed by atoms with E-state index in [-0.39, 0.29) is 0 Å². The predicted molar refractivity (Wildman–Crippen MR) is 80.7 cm³/mol. The summed E-state index contributed by atoms with van der Waals surface area (Å²) in [6.07, 6.45) is 3.64. The monoisotopic (exact) mass is 285 g/mol. The molecule has 1 aromatic carbocycles. The van der Waals surface area contributed by atoms with E-state index in [9.17, 15) is 0 Å². The van der Waals surface area contributed by atoms with Gasteiger partial charge in [0.1, 0.15) is 0 Å². The highest BCUT2D eigenvalue weighted by Gasteiger charge is 2.32. The molecule has 1 nitrogen and oxygen atoms in total. The molecule has 18 heavy (non-hydrogen) atoms. The molecule has 0 bridgehead atoms. The summed E-state index contributed by atoms with van der Waals surface area (Å²) in [4.78, 5) is 0. The average Bonchev–Trinajstić information content (AvgIpc) is 2.21. The Bertz CT molecular complexity index is 408. The van der Waals surface area contributed by atoms with E-state index < -0.39 is 0 Å². The number of halogens is 2. The number of rotatable bonds is 2. The molecule has 0 saturated heterocycles. The van der Waals surface area contributed by atoms with Crippen LogP contribution < -0.4 is 5.32 Å². The van der Waals surface area contributed by atoms with Crippen molar-refractivity contribution in [3.63, 3.8) is 0 Å². The van der Waals surface area contributed by atoms with Crippen LogP contribution in [0.2, 0.25) is 10.0 Å². The lowest BCUT2D eigenvalue weighted by Crippen LogP contribution is -2.35. The minimum absolute atomic E-state index is 0.392. The second-order valence-electron chi connectivity index (χ2n) is 6.35. The van der Waals surface area contributed by atoms with Crippen LogP contribution in [0.4, 0.5) is 5.69 Å². The molecule has 0 amide bonds. The molecule has 0 aromatic heterocycles. The maximum absolute atomic E-state index is 6.21. The molecule has 0 heterocycles. The second kappa shape index (κ2) is 5.30. The molecule has 2 unspecified atom stereocenters. The zero-order valence-electron chi connectivity index (χ0n) is 11.3. The van der Waals surface area contributed by atoms with Crippen LogP contribution in [0.25, 0.3) is 0 Å². The smallest absolute Gasteiger partial charge is 0.0721 e. The molecule has 2 atom stereocenters. The van der Waals surface area contributed by atoms with Gasteiger partial charge in [0.2, 0.25) is 0 Å². The molecule has 1 saturated carbocycles. The van der Waals surface area contributed by atoms with Gasteiger partial charge in [0.15, 0.2) is 0 Å². The Labute approximate surface area is 120 Å². The van der Waals surface area contributed by atoms with Gasteiger partial charge in [-0.05, 0) is 42.7 Å². The first-order valence-corrected chi connectivity index (χ1v) is 7.33. The van der Waals surface area contributed by atoms with Crippen LogP contribution in [0.15, 0.2) is 18.2 Å². The van der Waals surface area contributed by atoms with Crippen molar-refractivity contribution in [2.45, 2.75) is 46.1 Å². The number of hydrogen-bond donors (Lipinski definition) is 1. The Kier molecular flexibility index (Phi) is 4.13. The number of benzene rings is 1. The number of para-hydroxylation sites is 1. The van der Waals surface area contributed by atoms with Gasteiger partial charge in [-0.1, -0.05) is 50.0 Å². The van der Waals surface area contributed by atoms with E-state index >= 15 is 0 Å². The molecule has 0 radical (unpaired) electrons. The molecular formula is C15H21Cl2N. The van der Waals surface area contributed by atoms with Crippen molar-refractivity contribution >= 4 is 28.9 Å². The normalized spacial score (nSPS) is 26.9. The number of anilines is 1. The van der Waals surface area contributed by atoms with Crippen molar-refractivity contribution in [3.8, 4) is 0 Å². The highest BCUT2D eigenvalue weighted by Crippen LogP contribution is 2.41. The largest absolute Gasteiger partial charge is 0.380 e. The first-order valence-electron chi connectivity index (χ1n) is 6.58. The fourth-order valence-corrected chi connectivity index (χ4v) is 3.80. The maximum atomic E-state index is 6.21. The molecule has 1 N–H and O–H groups in total. The van der Waals surface area contributed by atoms with Gasteiger partial charge in [-0.2, -0.15) is 0 Å². The van der Waals surface area contributed by atoms with Crippen molar-refractivity contribution in [3.05, 3.63) is 28.2 Å². The zero-order valence-corrected chi connectivity index (χ0v) is 12.8. The minimum Gasteiger partial charge on any atom is -0.380 e. The lowest BCUT2D eigenvalue weighted by Gasteiger charge is -2.39. The van der Waals surface area contributed by atoms with E-state index in [0.29, 0.717) is 21.5 Å². The summed E-state index contributed by atoms with van der Waals surface area (Å²) in [6, 6.07) is 6.10. The van der Waals surface area contributed by atoms with Crippen LogP contribution in [0.3, 0.4) is 0 Å². The second-order valence-corrected chi connectivity index (χ2v) is 7.17. The molecule has 2 rings (SSSR count). The fraction of sp³-hybridized carbons (Fsp3) is 0.600. The highest BCUT2D eigenvalue weighted by atomic mass is 35.5. The lowest BCUT2D eigenvalue weighted by molar-refractivity contribution is 0.178. The zero-order chi connectivity index (χ0) is 13.3. The number of nitrogens with one attached hydrogen (secondary N) is 1. The Morgan fingerprint density at radius 1 is 1.17 bits per heavy atom. The van der Waals surface area contributed by atoms with Crippen molar-refractivity contribution in [1.82, 2.24) is 0 Å². The van der Waals surface area contributed by atoms with E-state index in [1.54, 1.807) is 0 Å². The van der Waals surface area contributed by atoms with Crippen molar-refractivity contribution in [2.24, 2.45) is 11.3 Å². The first kappa shape index (κ1) is 14.0. The van der Waals surface area contributed by atoms with Crippen LogP contribution in [0, 0.1) is 11.3 Å². The third kappa shape index (κ3) is 3.33. The Balaban J connectivity index is 2.14. The van der Waals surface area contributed by atoms with Crippen LogP contribution in [-0.4, -0.2) is 6.04 Å². The van der Waals surface area contributed by atoms with Gasteiger partial charge in [-0.3, -0.25) is 0 Å².